The minimum atomic E-state index is -0.787. The fraction of sp³-hybridized carbons (Fsp3) is 0.350. The number of anilines is 3. The summed E-state index contributed by atoms with van der Waals surface area (Å²) >= 11 is 0.985. The summed E-state index contributed by atoms with van der Waals surface area (Å²) < 4.78 is 18.8. The van der Waals surface area contributed by atoms with Crippen molar-refractivity contribution >= 4 is 53.3 Å². The van der Waals surface area contributed by atoms with Gasteiger partial charge in [0.25, 0.3) is 0 Å². The number of hydrogen-bond donors (Lipinski definition) is 3. The molecule has 0 saturated heterocycles. The van der Waals surface area contributed by atoms with Crippen LogP contribution in [0.25, 0.3) is 0 Å². The highest BCUT2D eigenvalue weighted by molar-refractivity contribution is 7.99. The van der Waals surface area contributed by atoms with E-state index < -0.39 is 24.0 Å². The second kappa shape index (κ2) is 13.5. The summed E-state index contributed by atoms with van der Waals surface area (Å²) in [5, 5.41) is 3.05. The van der Waals surface area contributed by atoms with Crippen LogP contribution in [-0.2, 0) is 35.0 Å². The standard InChI is InChI=1S/C20H24N6O8S/c1-5-34-15(28)10-35-19-23-17(22-18(24-19)25-26-20(30)33-4)21-12-7-6-11(8-14(27)31-2)13(9-12)16(29)32-3/h6-7,9H,5,8,10H2,1-4H3,(H,26,30)(H2,21,22,23,24,25). The third kappa shape index (κ3) is 8.62. The maximum absolute atomic E-state index is 12.2. The molecule has 0 fully saturated rings. The van der Waals surface area contributed by atoms with Crippen LogP contribution in [0.1, 0.15) is 22.8 Å². The molecule has 0 atom stereocenters. The molecule has 0 saturated carbocycles. The van der Waals surface area contributed by atoms with Gasteiger partial charge in [0.15, 0.2) is 5.16 Å². The first-order valence-electron chi connectivity index (χ1n) is 9.99. The van der Waals surface area contributed by atoms with Gasteiger partial charge in [-0.1, -0.05) is 17.8 Å². The molecule has 0 unspecified atom stereocenters. The molecule has 0 aliphatic rings. The summed E-state index contributed by atoms with van der Waals surface area (Å²) in [6.07, 6.45) is -0.918. The van der Waals surface area contributed by atoms with Crippen molar-refractivity contribution in [3.63, 3.8) is 0 Å². The van der Waals surface area contributed by atoms with Crippen LogP contribution in [0, 0.1) is 0 Å². The molecule has 1 amide bonds. The van der Waals surface area contributed by atoms with Crippen molar-refractivity contribution < 1.29 is 38.1 Å². The molecular weight excluding hydrogens is 484 g/mol. The molecule has 1 aromatic carbocycles. The van der Waals surface area contributed by atoms with E-state index in [1.165, 1.54) is 27.4 Å². The molecule has 2 rings (SSSR count). The van der Waals surface area contributed by atoms with E-state index in [9.17, 15) is 19.2 Å². The van der Waals surface area contributed by atoms with E-state index in [4.69, 9.17) is 9.47 Å². The number of hydrazine groups is 1. The van der Waals surface area contributed by atoms with Crippen molar-refractivity contribution in [1.29, 1.82) is 0 Å². The molecule has 15 heteroatoms. The van der Waals surface area contributed by atoms with Crippen LogP contribution in [0.2, 0.25) is 0 Å². The van der Waals surface area contributed by atoms with Crippen LogP contribution < -0.4 is 16.2 Å². The topological polar surface area (TPSA) is 180 Å². The van der Waals surface area contributed by atoms with Gasteiger partial charge in [0.2, 0.25) is 11.9 Å². The number of rotatable bonds is 11. The Morgan fingerprint density at radius 1 is 0.943 bits per heavy atom. The predicted octanol–water partition coefficient (Wildman–Crippen LogP) is 1.46. The molecule has 0 aliphatic carbocycles. The quantitative estimate of drug-likeness (QED) is 0.172. The Hall–Kier alpha value is -4.14. The van der Waals surface area contributed by atoms with Gasteiger partial charge in [-0.15, -0.1) is 0 Å². The molecule has 2 aromatic rings. The average Bonchev–Trinajstić information content (AvgIpc) is 2.86. The Morgan fingerprint density at radius 3 is 2.34 bits per heavy atom. The SMILES string of the molecule is CCOC(=O)CSc1nc(NNC(=O)OC)nc(Nc2ccc(CC(=O)OC)c(C(=O)OC)c2)n1. The first-order valence-corrected chi connectivity index (χ1v) is 11.0. The summed E-state index contributed by atoms with van der Waals surface area (Å²) in [6, 6.07) is 4.61. The maximum Gasteiger partial charge on any atom is 0.425 e. The lowest BCUT2D eigenvalue weighted by Gasteiger charge is -2.12. The summed E-state index contributed by atoms with van der Waals surface area (Å²) in [4.78, 5) is 59.5. The zero-order valence-corrected chi connectivity index (χ0v) is 20.2. The molecule has 3 N–H and O–H groups in total. The van der Waals surface area contributed by atoms with Crippen LogP contribution in [0.15, 0.2) is 23.4 Å². The molecule has 0 radical (unpaired) electrons. The molecule has 0 bridgehead atoms. The Bertz CT molecular complexity index is 1080. The number of ether oxygens (including phenoxy) is 4. The Kier molecular flexibility index (Phi) is 10.5. The number of amides is 1. The van der Waals surface area contributed by atoms with Gasteiger partial charge < -0.3 is 24.3 Å². The van der Waals surface area contributed by atoms with Gasteiger partial charge in [-0.05, 0) is 24.6 Å². The van der Waals surface area contributed by atoms with E-state index in [0.717, 1.165) is 11.8 Å². The van der Waals surface area contributed by atoms with Gasteiger partial charge in [0.1, 0.15) is 0 Å². The Labute approximate surface area is 204 Å². The fourth-order valence-electron chi connectivity index (χ4n) is 2.48. The van der Waals surface area contributed by atoms with Crippen LogP contribution >= 0.6 is 11.8 Å². The van der Waals surface area contributed by atoms with Crippen LogP contribution in [0.5, 0.6) is 0 Å². The minimum absolute atomic E-state index is 0.0251. The average molecular weight is 509 g/mol. The summed E-state index contributed by atoms with van der Waals surface area (Å²) in [6.45, 7) is 1.92. The highest BCUT2D eigenvalue weighted by Gasteiger charge is 2.17. The van der Waals surface area contributed by atoms with Crippen molar-refractivity contribution in [1.82, 2.24) is 20.4 Å². The van der Waals surface area contributed by atoms with E-state index in [1.807, 2.05) is 0 Å². The molecule has 1 heterocycles. The fourth-order valence-corrected chi connectivity index (χ4v) is 3.11. The Morgan fingerprint density at radius 2 is 1.69 bits per heavy atom. The predicted molar refractivity (Wildman–Crippen MR) is 123 cm³/mol. The van der Waals surface area contributed by atoms with Crippen molar-refractivity contribution in [3.8, 4) is 0 Å². The van der Waals surface area contributed by atoms with Crippen LogP contribution in [-0.4, -0.2) is 72.6 Å². The van der Waals surface area contributed by atoms with Crippen molar-refractivity contribution in [3.05, 3.63) is 29.3 Å². The second-order valence-electron chi connectivity index (χ2n) is 6.34. The molecule has 35 heavy (non-hydrogen) atoms. The summed E-state index contributed by atoms with van der Waals surface area (Å²) in [5.41, 5.74) is 5.62. The maximum atomic E-state index is 12.2. The molecule has 188 valence electrons. The summed E-state index contributed by atoms with van der Waals surface area (Å²) in [7, 11) is 3.64. The van der Waals surface area contributed by atoms with E-state index in [2.05, 4.69) is 40.6 Å². The number of thioether (sulfide) groups is 1. The van der Waals surface area contributed by atoms with Crippen LogP contribution in [0.4, 0.5) is 22.4 Å². The normalized spacial score (nSPS) is 10.1. The molecule has 14 nitrogen and oxygen atoms in total. The number of nitrogens with zero attached hydrogens (tertiary/aromatic N) is 3. The smallest absolute Gasteiger partial charge is 0.425 e. The van der Waals surface area contributed by atoms with Gasteiger partial charge in [0.05, 0.1) is 45.7 Å². The molecule has 0 aliphatic heterocycles. The molecule has 0 spiro atoms. The number of hydrogen-bond acceptors (Lipinski definition) is 14. The highest BCUT2D eigenvalue weighted by Crippen LogP contribution is 2.23. The van der Waals surface area contributed by atoms with Crippen molar-refractivity contribution in [2.75, 3.05) is 44.4 Å². The number of carbonyl (C=O) groups is 4. The monoisotopic (exact) mass is 508 g/mol. The number of esters is 3. The summed E-state index contributed by atoms with van der Waals surface area (Å²) in [5.74, 6) is -1.73. The van der Waals surface area contributed by atoms with E-state index in [0.29, 0.717) is 11.3 Å². The van der Waals surface area contributed by atoms with Crippen molar-refractivity contribution in [2.24, 2.45) is 0 Å². The third-order valence-corrected chi connectivity index (χ3v) is 4.86. The van der Waals surface area contributed by atoms with Gasteiger partial charge in [-0.3, -0.25) is 15.0 Å². The lowest BCUT2D eigenvalue weighted by Crippen LogP contribution is -2.30. The van der Waals surface area contributed by atoms with Gasteiger partial charge in [0, 0.05) is 5.69 Å². The highest BCUT2D eigenvalue weighted by atomic mass is 32.2. The number of nitrogens with one attached hydrogen (secondary N) is 3. The van der Waals surface area contributed by atoms with Crippen molar-refractivity contribution in [2.45, 2.75) is 18.5 Å². The minimum Gasteiger partial charge on any atom is -0.469 e. The van der Waals surface area contributed by atoms with E-state index in [-0.39, 0.29) is 41.4 Å². The first-order chi connectivity index (χ1) is 16.8. The van der Waals surface area contributed by atoms with Gasteiger partial charge in [-0.2, -0.15) is 15.0 Å². The zero-order valence-electron chi connectivity index (χ0n) is 19.4. The first kappa shape index (κ1) is 27.1. The van der Waals surface area contributed by atoms with E-state index in [1.54, 1.807) is 19.1 Å². The number of carbonyl (C=O) groups excluding carboxylic acids is 4. The zero-order chi connectivity index (χ0) is 25.8. The Balaban J connectivity index is 2.33. The van der Waals surface area contributed by atoms with Gasteiger partial charge >= 0.3 is 24.0 Å². The third-order valence-electron chi connectivity index (χ3n) is 4.03. The lowest BCUT2D eigenvalue weighted by atomic mass is 10.0. The number of methoxy groups -OCH3 is 3. The second-order valence-corrected chi connectivity index (χ2v) is 7.28. The van der Waals surface area contributed by atoms with E-state index >= 15 is 0 Å². The van der Waals surface area contributed by atoms with Crippen LogP contribution in [0.3, 0.4) is 0 Å². The largest absolute Gasteiger partial charge is 0.469 e. The van der Waals surface area contributed by atoms with Gasteiger partial charge in [-0.25, -0.2) is 15.0 Å². The lowest BCUT2D eigenvalue weighted by molar-refractivity contribution is -0.140. The number of aromatic nitrogens is 3. The molecular formula is C20H24N6O8S. The number of benzene rings is 1. The molecule has 1 aromatic heterocycles.